The zero-order valence-electron chi connectivity index (χ0n) is 16.9. The summed E-state index contributed by atoms with van der Waals surface area (Å²) < 4.78 is 20.9. The number of nitrogens with zero attached hydrogens (tertiary/aromatic N) is 6. The molecule has 0 saturated carbocycles. The molecule has 1 aliphatic rings. The second-order valence-corrected chi connectivity index (χ2v) is 7.51. The van der Waals surface area contributed by atoms with Crippen LogP contribution in [0.2, 0.25) is 0 Å². The van der Waals surface area contributed by atoms with Gasteiger partial charge in [-0.3, -0.25) is 4.90 Å². The van der Waals surface area contributed by atoms with Crippen molar-refractivity contribution in [1.82, 2.24) is 29.9 Å². The van der Waals surface area contributed by atoms with Gasteiger partial charge in [0.15, 0.2) is 17.0 Å². The highest BCUT2D eigenvalue weighted by molar-refractivity contribution is 5.84. The summed E-state index contributed by atoms with van der Waals surface area (Å²) in [5, 5.41) is 11.9. The van der Waals surface area contributed by atoms with E-state index in [4.69, 9.17) is 4.74 Å². The van der Waals surface area contributed by atoms with Crippen molar-refractivity contribution < 1.29 is 9.13 Å². The number of aromatic nitrogens is 5. The van der Waals surface area contributed by atoms with E-state index in [1.165, 1.54) is 18.5 Å². The van der Waals surface area contributed by atoms with Crippen LogP contribution in [0, 0.1) is 5.82 Å². The quantitative estimate of drug-likeness (QED) is 0.515. The largest absolute Gasteiger partial charge is 0.374 e. The van der Waals surface area contributed by atoms with Crippen molar-refractivity contribution in [3.8, 4) is 0 Å². The molecule has 1 saturated heterocycles. The first kappa shape index (κ1) is 19.5. The third kappa shape index (κ3) is 4.52. The summed E-state index contributed by atoms with van der Waals surface area (Å²) in [5.41, 5.74) is 3.28. The second-order valence-electron chi connectivity index (χ2n) is 7.51. The fraction of sp³-hybridized carbons (Fsp3) is 0.273. The molecule has 1 atom stereocenters. The van der Waals surface area contributed by atoms with Crippen molar-refractivity contribution in [2.24, 2.45) is 0 Å². The lowest BCUT2D eigenvalue weighted by Gasteiger charge is -2.32. The van der Waals surface area contributed by atoms with Gasteiger partial charge in [0.1, 0.15) is 12.1 Å². The van der Waals surface area contributed by atoms with Crippen LogP contribution in [0.3, 0.4) is 0 Å². The number of halogens is 1. The minimum Gasteiger partial charge on any atom is -0.374 e. The topological polar surface area (TPSA) is 81.0 Å². The highest BCUT2D eigenvalue weighted by Gasteiger charge is 2.23. The summed E-state index contributed by atoms with van der Waals surface area (Å²) in [7, 11) is 0. The molecule has 0 amide bonds. The van der Waals surface area contributed by atoms with Gasteiger partial charge in [0, 0.05) is 25.3 Å². The number of hydrogen-bond acceptors (Lipinski definition) is 7. The van der Waals surface area contributed by atoms with E-state index in [9.17, 15) is 4.39 Å². The standard InChI is InChI=1S/C22H22FN7O/c23-17-8-6-16(7-9-17)12-29-10-11-31-19(13-29)14-30-22-20(27-28-30)21(24-15-25-22)26-18-4-2-1-3-5-18/h1-9,15,19H,10-14H2,(H,24,25,26)/t19-/m1/s1. The fourth-order valence-corrected chi connectivity index (χ4v) is 3.74. The van der Waals surface area contributed by atoms with Gasteiger partial charge in [-0.2, -0.15) is 0 Å². The molecule has 0 bridgehead atoms. The van der Waals surface area contributed by atoms with Crippen LogP contribution in [-0.4, -0.2) is 55.7 Å². The van der Waals surface area contributed by atoms with E-state index in [-0.39, 0.29) is 11.9 Å². The first-order valence-electron chi connectivity index (χ1n) is 10.2. The summed E-state index contributed by atoms with van der Waals surface area (Å²) >= 11 is 0. The number of rotatable bonds is 6. The van der Waals surface area contributed by atoms with Crippen molar-refractivity contribution in [2.75, 3.05) is 25.0 Å². The summed E-state index contributed by atoms with van der Waals surface area (Å²) in [6.07, 6.45) is 1.47. The molecule has 0 spiro atoms. The van der Waals surface area contributed by atoms with E-state index in [1.807, 2.05) is 42.5 Å². The van der Waals surface area contributed by atoms with Gasteiger partial charge in [-0.15, -0.1) is 5.10 Å². The van der Waals surface area contributed by atoms with Crippen LogP contribution < -0.4 is 5.32 Å². The summed E-state index contributed by atoms with van der Waals surface area (Å²) in [4.78, 5) is 11.0. The molecule has 1 aliphatic heterocycles. The monoisotopic (exact) mass is 419 g/mol. The lowest BCUT2D eigenvalue weighted by molar-refractivity contribution is -0.0399. The van der Waals surface area contributed by atoms with E-state index in [0.29, 0.717) is 30.1 Å². The minimum atomic E-state index is -0.218. The van der Waals surface area contributed by atoms with E-state index >= 15 is 0 Å². The molecule has 5 rings (SSSR count). The highest BCUT2D eigenvalue weighted by atomic mass is 19.1. The Morgan fingerprint density at radius 2 is 1.90 bits per heavy atom. The van der Waals surface area contributed by atoms with Gasteiger partial charge in [0.2, 0.25) is 0 Å². The molecule has 8 nitrogen and oxygen atoms in total. The van der Waals surface area contributed by atoms with Crippen LogP contribution >= 0.6 is 0 Å². The SMILES string of the molecule is Fc1ccc(CN2CCO[C@@H](Cn3nnc4c(Nc5ccccc5)ncnc43)C2)cc1. The van der Waals surface area contributed by atoms with Gasteiger partial charge in [-0.1, -0.05) is 35.5 Å². The first-order chi connectivity index (χ1) is 15.2. The molecule has 2 aromatic carbocycles. The van der Waals surface area contributed by atoms with Gasteiger partial charge in [0.05, 0.1) is 19.3 Å². The van der Waals surface area contributed by atoms with Gasteiger partial charge < -0.3 is 10.1 Å². The van der Waals surface area contributed by atoms with Crippen LogP contribution in [0.25, 0.3) is 11.2 Å². The Balaban J connectivity index is 1.29. The predicted octanol–water partition coefficient (Wildman–Crippen LogP) is 3.01. The average molecular weight is 419 g/mol. The molecule has 0 aliphatic carbocycles. The number of fused-ring (bicyclic) bond motifs is 1. The fourth-order valence-electron chi connectivity index (χ4n) is 3.74. The third-order valence-electron chi connectivity index (χ3n) is 5.26. The van der Waals surface area contributed by atoms with E-state index < -0.39 is 0 Å². The maximum absolute atomic E-state index is 13.2. The Morgan fingerprint density at radius 3 is 2.74 bits per heavy atom. The Morgan fingerprint density at radius 1 is 1.06 bits per heavy atom. The average Bonchev–Trinajstić information content (AvgIpc) is 3.20. The van der Waals surface area contributed by atoms with Crippen molar-refractivity contribution in [3.05, 3.63) is 72.3 Å². The minimum absolute atomic E-state index is 0.0420. The first-order valence-corrected chi connectivity index (χ1v) is 10.2. The van der Waals surface area contributed by atoms with Gasteiger partial charge in [-0.25, -0.2) is 19.0 Å². The zero-order valence-corrected chi connectivity index (χ0v) is 16.9. The van der Waals surface area contributed by atoms with Crippen LogP contribution in [0.5, 0.6) is 0 Å². The molecular formula is C22H22FN7O. The van der Waals surface area contributed by atoms with Crippen LogP contribution in [0.1, 0.15) is 5.56 Å². The lowest BCUT2D eigenvalue weighted by Crippen LogP contribution is -2.43. The van der Waals surface area contributed by atoms with Crippen molar-refractivity contribution in [1.29, 1.82) is 0 Å². The Labute approximate surface area is 178 Å². The lowest BCUT2D eigenvalue weighted by atomic mass is 10.2. The zero-order chi connectivity index (χ0) is 21.0. The molecule has 4 aromatic rings. The Kier molecular flexibility index (Phi) is 5.51. The predicted molar refractivity (Wildman–Crippen MR) is 114 cm³/mol. The van der Waals surface area contributed by atoms with Crippen LogP contribution in [-0.2, 0) is 17.8 Å². The molecule has 9 heteroatoms. The number of hydrogen-bond donors (Lipinski definition) is 1. The van der Waals surface area contributed by atoms with Crippen molar-refractivity contribution in [3.63, 3.8) is 0 Å². The van der Waals surface area contributed by atoms with Crippen molar-refractivity contribution in [2.45, 2.75) is 19.2 Å². The van der Waals surface area contributed by atoms with E-state index in [1.54, 1.807) is 4.68 Å². The normalized spacial score (nSPS) is 17.1. The molecule has 158 valence electrons. The maximum atomic E-state index is 13.2. The summed E-state index contributed by atoms with van der Waals surface area (Å²) in [5.74, 6) is 0.398. The molecule has 0 radical (unpaired) electrons. The highest BCUT2D eigenvalue weighted by Crippen LogP contribution is 2.21. The molecule has 2 aromatic heterocycles. The Bertz CT molecular complexity index is 1150. The summed E-state index contributed by atoms with van der Waals surface area (Å²) in [6.45, 7) is 3.51. The molecular weight excluding hydrogens is 397 g/mol. The number of benzene rings is 2. The van der Waals surface area contributed by atoms with Crippen molar-refractivity contribution >= 4 is 22.7 Å². The molecule has 0 unspecified atom stereocenters. The van der Waals surface area contributed by atoms with Gasteiger partial charge in [0.25, 0.3) is 0 Å². The number of para-hydroxylation sites is 1. The molecule has 3 heterocycles. The number of ether oxygens (including phenoxy) is 1. The van der Waals surface area contributed by atoms with Gasteiger partial charge in [-0.05, 0) is 29.8 Å². The smallest absolute Gasteiger partial charge is 0.183 e. The maximum Gasteiger partial charge on any atom is 0.183 e. The molecule has 31 heavy (non-hydrogen) atoms. The number of morpholine rings is 1. The van der Waals surface area contributed by atoms with Crippen LogP contribution in [0.15, 0.2) is 60.9 Å². The van der Waals surface area contributed by atoms with Gasteiger partial charge >= 0.3 is 0 Å². The summed E-state index contributed by atoms with van der Waals surface area (Å²) in [6, 6.07) is 16.4. The molecule has 1 N–H and O–H groups in total. The Hall–Kier alpha value is -3.43. The van der Waals surface area contributed by atoms with E-state index in [0.717, 1.165) is 30.9 Å². The molecule has 1 fully saturated rings. The van der Waals surface area contributed by atoms with Crippen LogP contribution in [0.4, 0.5) is 15.9 Å². The third-order valence-corrected chi connectivity index (χ3v) is 5.26. The second kappa shape index (κ2) is 8.75. The number of anilines is 2. The number of nitrogens with one attached hydrogen (secondary N) is 1. The van der Waals surface area contributed by atoms with E-state index in [2.05, 4.69) is 30.5 Å².